The van der Waals surface area contributed by atoms with Crippen molar-refractivity contribution in [2.75, 3.05) is 0 Å². The van der Waals surface area contributed by atoms with Gasteiger partial charge in [0.05, 0.1) is 28.2 Å². The van der Waals surface area contributed by atoms with E-state index >= 15 is 0 Å². The molecule has 0 saturated carbocycles. The Labute approximate surface area is 166 Å². The summed E-state index contributed by atoms with van der Waals surface area (Å²) in [5.74, 6) is -0.577. The molecule has 0 aliphatic heterocycles. The molecule has 3 heterocycles. The smallest absolute Gasteiger partial charge is 0.316 e. The van der Waals surface area contributed by atoms with E-state index in [0.717, 1.165) is 22.2 Å². The molecule has 0 saturated heterocycles. The van der Waals surface area contributed by atoms with Gasteiger partial charge in [0.15, 0.2) is 0 Å². The monoisotopic (exact) mass is 387 g/mol. The fraction of sp³-hybridized carbons (Fsp3) is 0.190. The average molecular weight is 387 g/mol. The molecule has 4 rings (SSSR count). The zero-order chi connectivity index (χ0) is 19.3. The van der Waals surface area contributed by atoms with Gasteiger partial charge in [0.1, 0.15) is 17.5 Å². The fourth-order valence-electron chi connectivity index (χ4n) is 2.77. The maximum atomic E-state index is 9.71. The standard InChI is InChI=1S/C21H17N5OS/c1-2-14-3-5-15(6-4-14)13-27-21-24-10-7-17(26-21)16(11-22)20-25-18-12-23-9-8-19(18)28-20/h3-10,12,16H,2,13H2,1H3. The Morgan fingerprint density at radius 1 is 1.07 bits per heavy atom. The summed E-state index contributed by atoms with van der Waals surface area (Å²) in [5, 5.41) is 10.4. The number of rotatable bonds is 6. The maximum absolute atomic E-state index is 9.71. The number of ether oxygens (including phenoxy) is 1. The number of aryl methyl sites for hydroxylation is 1. The van der Waals surface area contributed by atoms with Crippen LogP contribution in [0.5, 0.6) is 6.01 Å². The Hall–Kier alpha value is -3.37. The van der Waals surface area contributed by atoms with Crippen LogP contribution in [0.3, 0.4) is 0 Å². The number of pyridine rings is 1. The lowest BCUT2D eigenvalue weighted by molar-refractivity contribution is 0.279. The number of hydrogen-bond donors (Lipinski definition) is 0. The average Bonchev–Trinajstić information content (AvgIpc) is 3.17. The third-order valence-corrected chi connectivity index (χ3v) is 5.43. The molecule has 0 spiro atoms. The number of hydrogen-bond acceptors (Lipinski definition) is 7. The van der Waals surface area contributed by atoms with E-state index in [1.165, 1.54) is 16.9 Å². The largest absolute Gasteiger partial charge is 0.459 e. The van der Waals surface area contributed by atoms with Crippen LogP contribution in [0.2, 0.25) is 0 Å². The van der Waals surface area contributed by atoms with Gasteiger partial charge < -0.3 is 4.74 Å². The molecule has 1 aromatic carbocycles. The number of nitrogens with zero attached hydrogens (tertiary/aromatic N) is 5. The van der Waals surface area contributed by atoms with Crippen molar-refractivity contribution >= 4 is 21.6 Å². The van der Waals surface area contributed by atoms with Gasteiger partial charge in [0.2, 0.25) is 0 Å². The van der Waals surface area contributed by atoms with Gasteiger partial charge in [-0.05, 0) is 29.7 Å². The van der Waals surface area contributed by atoms with Gasteiger partial charge in [0, 0.05) is 12.4 Å². The maximum Gasteiger partial charge on any atom is 0.316 e. The minimum absolute atomic E-state index is 0.250. The Morgan fingerprint density at radius 2 is 1.89 bits per heavy atom. The van der Waals surface area contributed by atoms with E-state index < -0.39 is 5.92 Å². The molecule has 3 aromatic heterocycles. The Bertz CT molecular complexity index is 1100. The Balaban J connectivity index is 1.53. The third kappa shape index (κ3) is 3.82. The molecule has 0 N–H and O–H groups in total. The van der Waals surface area contributed by atoms with Crippen molar-refractivity contribution in [1.29, 1.82) is 5.26 Å². The first kappa shape index (κ1) is 18.0. The van der Waals surface area contributed by atoms with Crippen molar-refractivity contribution in [1.82, 2.24) is 19.9 Å². The molecular formula is C21H17N5OS. The zero-order valence-electron chi connectivity index (χ0n) is 15.2. The van der Waals surface area contributed by atoms with Crippen LogP contribution >= 0.6 is 11.3 Å². The lowest BCUT2D eigenvalue weighted by Crippen LogP contribution is -2.05. The molecule has 0 fully saturated rings. The number of nitriles is 1. The zero-order valence-corrected chi connectivity index (χ0v) is 16.1. The molecule has 4 aromatic rings. The van der Waals surface area contributed by atoms with Gasteiger partial charge >= 0.3 is 6.01 Å². The molecule has 6 nitrogen and oxygen atoms in total. The van der Waals surface area contributed by atoms with Crippen LogP contribution in [-0.4, -0.2) is 19.9 Å². The number of thiazole rings is 1. The molecule has 138 valence electrons. The molecule has 0 aliphatic carbocycles. The summed E-state index contributed by atoms with van der Waals surface area (Å²) in [4.78, 5) is 17.2. The molecular weight excluding hydrogens is 370 g/mol. The van der Waals surface area contributed by atoms with Crippen molar-refractivity contribution in [2.24, 2.45) is 0 Å². The molecule has 0 radical (unpaired) electrons. The lowest BCUT2D eigenvalue weighted by atomic mass is 10.1. The molecule has 0 bridgehead atoms. The van der Waals surface area contributed by atoms with Gasteiger partial charge in [0.25, 0.3) is 0 Å². The van der Waals surface area contributed by atoms with Crippen molar-refractivity contribution in [3.63, 3.8) is 0 Å². The van der Waals surface area contributed by atoms with Gasteiger partial charge in [-0.25, -0.2) is 9.97 Å². The SMILES string of the molecule is CCc1ccc(COc2nccc(C(C#N)c3nc4cnccc4s3)n2)cc1. The van der Waals surface area contributed by atoms with Crippen LogP contribution < -0.4 is 4.74 Å². The quantitative estimate of drug-likeness (QED) is 0.491. The van der Waals surface area contributed by atoms with Crippen molar-refractivity contribution in [2.45, 2.75) is 25.9 Å². The molecule has 1 unspecified atom stereocenters. The van der Waals surface area contributed by atoms with Crippen molar-refractivity contribution < 1.29 is 4.74 Å². The first-order valence-electron chi connectivity index (χ1n) is 8.90. The van der Waals surface area contributed by atoms with Gasteiger partial charge in [-0.2, -0.15) is 10.2 Å². The second-order valence-corrected chi connectivity index (χ2v) is 7.24. The van der Waals surface area contributed by atoms with Crippen LogP contribution in [0.4, 0.5) is 0 Å². The second kappa shape index (κ2) is 8.11. The number of fused-ring (bicyclic) bond motifs is 1. The van der Waals surface area contributed by atoms with E-state index in [0.29, 0.717) is 17.3 Å². The molecule has 28 heavy (non-hydrogen) atoms. The minimum Gasteiger partial charge on any atom is -0.459 e. The number of benzene rings is 1. The highest BCUT2D eigenvalue weighted by atomic mass is 32.1. The number of aromatic nitrogens is 4. The van der Waals surface area contributed by atoms with Gasteiger partial charge in [-0.3, -0.25) is 4.98 Å². The predicted octanol–water partition coefficient (Wildman–Crippen LogP) is 4.28. The van der Waals surface area contributed by atoms with Crippen LogP contribution in [0.1, 0.15) is 34.7 Å². The summed E-state index contributed by atoms with van der Waals surface area (Å²) in [7, 11) is 0. The van der Waals surface area contributed by atoms with Crippen LogP contribution in [0.15, 0.2) is 55.0 Å². The lowest BCUT2D eigenvalue weighted by Gasteiger charge is -2.08. The van der Waals surface area contributed by atoms with Crippen LogP contribution in [0.25, 0.3) is 10.2 Å². The predicted molar refractivity (Wildman–Crippen MR) is 107 cm³/mol. The van der Waals surface area contributed by atoms with Crippen LogP contribution in [0, 0.1) is 11.3 Å². The topological polar surface area (TPSA) is 84.6 Å². The molecule has 0 amide bonds. The molecule has 7 heteroatoms. The minimum atomic E-state index is -0.577. The fourth-order valence-corrected chi connectivity index (χ4v) is 3.76. The van der Waals surface area contributed by atoms with E-state index in [4.69, 9.17) is 4.74 Å². The highest BCUT2D eigenvalue weighted by Crippen LogP contribution is 2.30. The Kier molecular flexibility index (Phi) is 5.22. The first-order chi connectivity index (χ1) is 13.8. The molecule has 0 aliphatic rings. The third-order valence-electron chi connectivity index (χ3n) is 4.33. The normalized spacial score (nSPS) is 11.9. The summed E-state index contributed by atoms with van der Waals surface area (Å²) >= 11 is 1.47. The summed E-state index contributed by atoms with van der Waals surface area (Å²) in [5.41, 5.74) is 3.68. The first-order valence-corrected chi connectivity index (χ1v) is 9.72. The van der Waals surface area contributed by atoms with E-state index in [1.54, 1.807) is 24.7 Å². The van der Waals surface area contributed by atoms with Crippen molar-refractivity contribution in [3.05, 3.63) is 76.8 Å². The summed E-state index contributed by atoms with van der Waals surface area (Å²) < 4.78 is 6.73. The molecule has 1 atom stereocenters. The van der Waals surface area contributed by atoms with Crippen molar-refractivity contribution in [3.8, 4) is 12.1 Å². The highest BCUT2D eigenvalue weighted by Gasteiger charge is 2.20. The highest BCUT2D eigenvalue weighted by molar-refractivity contribution is 7.18. The van der Waals surface area contributed by atoms with E-state index in [2.05, 4.69) is 45.1 Å². The van der Waals surface area contributed by atoms with E-state index in [1.807, 2.05) is 18.2 Å². The van der Waals surface area contributed by atoms with E-state index in [9.17, 15) is 5.26 Å². The second-order valence-electron chi connectivity index (χ2n) is 6.18. The van der Waals surface area contributed by atoms with Gasteiger partial charge in [-0.1, -0.05) is 31.2 Å². The van der Waals surface area contributed by atoms with Crippen LogP contribution in [-0.2, 0) is 13.0 Å². The van der Waals surface area contributed by atoms with Gasteiger partial charge in [-0.15, -0.1) is 11.3 Å². The summed E-state index contributed by atoms with van der Waals surface area (Å²) in [6.07, 6.45) is 6.03. The Morgan fingerprint density at radius 3 is 2.64 bits per heavy atom. The summed E-state index contributed by atoms with van der Waals surface area (Å²) in [6, 6.07) is 14.4. The summed E-state index contributed by atoms with van der Waals surface area (Å²) in [6.45, 7) is 2.50. The van der Waals surface area contributed by atoms with E-state index in [-0.39, 0.29) is 6.01 Å².